The molecule has 1 saturated carbocycles. The number of amidine groups is 1. The lowest BCUT2D eigenvalue weighted by molar-refractivity contribution is 0.269. The highest BCUT2D eigenvalue weighted by atomic mass is 14.9. The Morgan fingerprint density at radius 2 is 1.87 bits per heavy atom. The van der Waals surface area contributed by atoms with Gasteiger partial charge < -0.3 is 5.73 Å². The molecule has 0 radical (unpaired) electrons. The first-order valence-corrected chi connectivity index (χ1v) is 6.21. The van der Waals surface area contributed by atoms with Crippen LogP contribution in [-0.2, 0) is 0 Å². The molecule has 0 aromatic heterocycles. The molecule has 88 valence electrons. The second kappa shape index (κ2) is 5.00. The Labute approximate surface area is 94.3 Å². The molecule has 0 heterocycles. The van der Waals surface area contributed by atoms with Crippen LogP contribution in [0, 0.1) is 17.3 Å². The van der Waals surface area contributed by atoms with Gasteiger partial charge in [0.1, 0.15) is 0 Å². The maximum Gasteiger partial charge on any atom is 0.0968 e. The van der Waals surface area contributed by atoms with E-state index in [9.17, 15) is 0 Å². The van der Waals surface area contributed by atoms with E-state index >= 15 is 0 Å². The van der Waals surface area contributed by atoms with Gasteiger partial charge in [0.25, 0.3) is 0 Å². The summed E-state index contributed by atoms with van der Waals surface area (Å²) in [5, 5.41) is 0. The van der Waals surface area contributed by atoms with Gasteiger partial charge in [-0.05, 0) is 24.2 Å². The third-order valence-electron chi connectivity index (χ3n) is 3.80. The van der Waals surface area contributed by atoms with Gasteiger partial charge in [0.15, 0.2) is 0 Å². The van der Waals surface area contributed by atoms with Crippen molar-refractivity contribution in [1.82, 2.24) is 0 Å². The molecule has 0 aromatic rings. The molecule has 0 amide bonds. The summed E-state index contributed by atoms with van der Waals surface area (Å²) in [5.41, 5.74) is 6.35. The van der Waals surface area contributed by atoms with Crippen LogP contribution in [0.4, 0.5) is 0 Å². The van der Waals surface area contributed by atoms with E-state index < -0.39 is 0 Å². The first kappa shape index (κ1) is 12.5. The summed E-state index contributed by atoms with van der Waals surface area (Å²) >= 11 is 0. The zero-order chi connectivity index (χ0) is 11.5. The van der Waals surface area contributed by atoms with Crippen LogP contribution in [0.15, 0.2) is 4.99 Å². The van der Waals surface area contributed by atoms with Gasteiger partial charge >= 0.3 is 0 Å². The largest absolute Gasteiger partial charge is 0.387 e. The number of hydrogen-bond acceptors (Lipinski definition) is 1. The molecule has 0 saturated heterocycles. The number of rotatable bonds is 3. The third kappa shape index (κ3) is 3.84. The van der Waals surface area contributed by atoms with Crippen molar-refractivity contribution in [2.45, 2.75) is 53.4 Å². The quantitative estimate of drug-likeness (QED) is 0.564. The minimum Gasteiger partial charge on any atom is -0.387 e. The van der Waals surface area contributed by atoms with Gasteiger partial charge in [-0.2, -0.15) is 0 Å². The Bertz CT molecular complexity index is 219. The predicted octanol–water partition coefficient (Wildman–Crippen LogP) is 3.22. The van der Waals surface area contributed by atoms with Crippen molar-refractivity contribution >= 4 is 5.84 Å². The van der Waals surface area contributed by atoms with E-state index in [0.717, 1.165) is 12.4 Å². The number of nitrogens with zero attached hydrogens (tertiary/aromatic N) is 1. The van der Waals surface area contributed by atoms with E-state index in [4.69, 9.17) is 5.73 Å². The highest BCUT2D eigenvalue weighted by Gasteiger charge is 2.21. The number of hydrogen-bond donors (Lipinski definition) is 1. The molecule has 1 rings (SSSR count). The fourth-order valence-corrected chi connectivity index (χ4v) is 1.87. The van der Waals surface area contributed by atoms with E-state index in [2.05, 4.69) is 32.7 Å². The van der Waals surface area contributed by atoms with E-state index in [0.29, 0.717) is 17.3 Å². The average Bonchev–Trinajstić information content (AvgIpc) is 2.64. The summed E-state index contributed by atoms with van der Waals surface area (Å²) in [4.78, 5) is 4.57. The van der Waals surface area contributed by atoms with Gasteiger partial charge in [-0.3, -0.25) is 4.99 Å². The van der Waals surface area contributed by atoms with Crippen LogP contribution < -0.4 is 5.73 Å². The van der Waals surface area contributed by atoms with Gasteiger partial charge in [0, 0.05) is 12.5 Å². The Balaban J connectivity index is 2.42. The Morgan fingerprint density at radius 1 is 1.33 bits per heavy atom. The van der Waals surface area contributed by atoms with E-state index in [1.165, 1.54) is 25.7 Å². The summed E-state index contributed by atoms with van der Waals surface area (Å²) in [6.45, 7) is 9.92. The molecule has 1 fully saturated rings. The SMILES string of the molecule is CC(CN=C(N)C1CCCC1)C(C)(C)C. The van der Waals surface area contributed by atoms with Crippen molar-refractivity contribution in [3.8, 4) is 0 Å². The lowest BCUT2D eigenvalue weighted by Crippen LogP contribution is -2.25. The van der Waals surface area contributed by atoms with Crippen molar-refractivity contribution in [2.75, 3.05) is 6.54 Å². The molecule has 0 bridgehead atoms. The van der Waals surface area contributed by atoms with Crippen molar-refractivity contribution in [3.63, 3.8) is 0 Å². The summed E-state index contributed by atoms with van der Waals surface area (Å²) in [7, 11) is 0. The Hall–Kier alpha value is -0.530. The van der Waals surface area contributed by atoms with Crippen LogP contribution >= 0.6 is 0 Å². The minimum atomic E-state index is 0.333. The molecule has 15 heavy (non-hydrogen) atoms. The number of aliphatic imine (C=N–C) groups is 1. The van der Waals surface area contributed by atoms with Crippen molar-refractivity contribution in [3.05, 3.63) is 0 Å². The van der Waals surface area contributed by atoms with Crippen LogP contribution in [-0.4, -0.2) is 12.4 Å². The average molecular weight is 210 g/mol. The van der Waals surface area contributed by atoms with Crippen molar-refractivity contribution in [2.24, 2.45) is 28.0 Å². The van der Waals surface area contributed by atoms with Crippen LogP contribution in [0.1, 0.15) is 53.4 Å². The minimum absolute atomic E-state index is 0.333. The molecule has 0 aliphatic heterocycles. The van der Waals surface area contributed by atoms with Crippen LogP contribution in [0.25, 0.3) is 0 Å². The first-order chi connectivity index (χ1) is 6.91. The molecular weight excluding hydrogens is 184 g/mol. The second-order valence-corrected chi connectivity index (χ2v) is 6.01. The summed E-state index contributed by atoms with van der Waals surface area (Å²) < 4.78 is 0. The zero-order valence-corrected chi connectivity index (χ0v) is 10.7. The number of nitrogens with two attached hydrogens (primary N) is 1. The smallest absolute Gasteiger partial charge is 0.0968 e. The zero-order valence-electron chi connectivity index (χ0n) is 10.7. The van der Waals surface area contributed by atoms with Gasteiger partial charge in [0.2, 0.25) is 0 Å². The van der Waals surface area contributed by atoms with Crippen molar-refractivity contribution < 1.29 is 0 Å². The normalized spacial score (nSPS) is 22.0. The van der Waals surface area contributed by atoms with Crippen LogP contribution in [0.3, 0.4) is 0 Å². The second-order valence-electron chi connectivity index (χ2n) is 6.01. The summed E-state index contributed by atoms with van der Waals surface area (Å²) in [6.07, 6.45) is 5.16. The molecule has 2 N–H and O–H groups in total. The van der Waals surface area contributed by atoms with Gasteiger partial charge in [-0.15, -0.1) is 0 Å². The van der Waals surface area contributed by atoms with Gasteiger partial charge in [-0.25, -0.2) is 0 Å². The highest BCUT2D eigenvalue weighted by molar-refractivity contribution is 5.83. The molecule has 2 heteroatoms. The Morgan fingerprint density at radius 3 is 2.33 bits per heavy atom. The Kier molecular flexibility index (Phi) is 4.18. The molecule has 1 unspecified atom stereocenters. The molecule has 0 aromatic carbocycles. The van der Waals surface area contributed by atoms with Gasteiger partial charge in [0.05, 0.1) is 5.84 Å². The molecule has 0 spiro atoms. The molecule has 1 aliphatic rings. The maximum absolute atomic E-state index is 6.02. The van der Waals surface area contributed by atoms with Crippen molar-refractivity contribution in [1.29, 1.82) is 0 Å². The van der Waals surface area contributed by atoms with Crippen LogP contribution in [0.2, 0.25) is 0 Å². The third-order valence-corrected chi connectivity index (χ3v) is 3.80. The van der Waals surface area contributed by atoms with E-state index in [1.807, 2.05) is 0 Å². The van der Waals surface area contributed by atoms with E-state index in [1.54, 1.807) is 0 Å². The van der Waals surface area contributed by atoms with Crippen LogP contribution in [0.5, 0.6) is 0 Å². The topological polar surface area (TPSA) is 38.4 Å². The monoisotopic (exact) mass is 210 g/mol. The fourth-order valence-electron chi connectivity index (χ4n) is 1.87. The summed E-state index contributed by atoms with van der Waals surface area (Å²) in [5.74, 6) is 2.08. The lowest BCUT2D eigenvalue weighted by atomic mass is 9.82. The maximum atomic E-state index is 6.02. The molecule has 1 atom stereocenters. The lowest BCUT2D eigenvalue weighted by Gasteiger charge is -2.26. The first-order valence-electron chi connectivity index (χ1n) is 6.21. The standard InChI is InChI=1S/C13H26N2/c1-10(13(2,3)4)9-15-12(14)11-7-5-6-8-11/h10-11H,5-9H2,1-4H3,(H2,14,15). The fraction of sp³-hybridized carbons (Fsp3) is 0.923. The van der Waals surface area contributed by atoms with E-state index in [-0.39, 0.29) is 0 Å². The summed E-state index contributed by atoms with van der Waals surface area (Å²) in [6, 6.07) is 0. The highest BCUT2D eigenvalue weighted by Crippen LogP contribution is 2.27. The molecule has 1 aliphatic carbocycles. The van der Waals surface area contributed by atoms with Gasteiger partial charge in [-0.1, -0.05) is 40.5 Å². The molecule has 2 nitrogen and oxygen atoms in total. The predicted molar refractivity (Wildman–Crippen MR) is 67.1 cm³/mol. The molecular formula is C13H26N2.